The number of rotatable bonds is 1. The average molecular weight is 270 g/mol. The molecule has 1 aliphatic heterocycles. The highest BCUT2D eigenvalue weighted by atomic mass is 16.6. The van der Waals surface area contributed by atoms with Gasteiger partial charge in [0.15, 0.2) is 0 Å². The van der Waals surface area contributed by atoms with E-state index < -0.39 is 0 Å². The Bertz CT molecular complexity index is 639. The second-order valence-electron chi connectivity index (χ2n) is 6.11. The molecule has 1 atom stereocenters. The van der Waals surface area contributed by atoms with Crippen LogP contribution < -0.4 is 5.46 Å². The van der Waals surface area contributed by atoms with Crippen molar-refractivity contribution < 1.29 is 14.4 Å². The molecule has 3 nitrogen and oxygen atoms in total. The fraction of sp³-hybridized carbons (Fsp3) is 0.375. The molecule has 1 heterocycles. The minimum atomic E-state index is -0.390. The van der Waals surface area contributed by atoms with E-state index in [9.17, 15) is 5.11 Å². The highest BCUT2D eigenvalue weighted by molar-refractivity contribution is 6.64. The molecule has 0 bridgehead atoms. The molecule has 1 unspecified atom stereocenters. The van der Waals surface area contributed by atoms with Gasteiger partial charge in [0.05, 0.1) is 5.60 Å². The molecule has 1 N–H and O–H groups in total. The quantitative estimate of drug-likeness (QED) is 0.810. The minimum Gasteiger partial charge on any atom is -0.508 e. The zero-order chi connectivity index (χ0) is 14.3. The van der Waals surface area contributed by atoms with E-state index in [0.29, 0.717) is 0 Å². The van der Waals surface area contributed by atoms with Crippen LogP contribution in [0.5, 0.6) is 5.75 Å². The molecular formula is C16H19BO3. The summed E-state index contributed by atoms with van der Waals surface area (Å²) in [6.45, 7) is 6.24. The minimum absolute atomic E-state index is 0.149. The Morgan fingerprint density at radius 2 is 2.05 bits per heavy atom. The number of aromatic hydroxyl groups is 1. The molecule has 1 fully saturated rings. The highest BCUT2D eigenvalue weighted by Crippen LogP contribution is 2.27. The van der Waals surface area contributed by atoms with Crippen molar-refractivity contribution in [2.45, 2.75) is 38.9 Å². The lowest BCUT2D eigenvalue weighted by atomic mass is 9.72. The summed E-state index contributed by atoms with van der Waals surface area (Å²) in [4.78, 5) is 0. The molecule has 0 saturated carbocycles. The van der Waals surface area contributed by atoms with Gasteiger partial charge in [-0.05, 0) is 55.6 Å². The summed E-state index contributed by atoms with van der Waals surface area (Å²) in [6.07, 6.45) is 1.02. The van der Waals surface area contributed by atoms with Crippen molar-refractivity contribution in [3.63, 3.8) is 0 Å². The van der Waals surface area contributed by atoms with E-state index >= 15 is 0 Å². The predicted molar refractivity (Wildman–Crippen MR) is 81.3 cm³/mol. The zero-order valence-electron chi connectivity index (χ0n) is 12.1. The van der Waals surface area contributed by atoms with Crippen LogP contribution in [-0.2, 0) is 9.31 Å². The lowest BCUT2D eigenvalue weighted by molar-refractivity contribution is -0.0228. The van der Waals surface area contributed by atoms with Gasteiger partial charge < -0.3 is 14.4 Å². The summed E-state index contributed by atoms with van der Waals surface area (Å²) in [5.41, 5.74) is 0.763. The van der Waals surface area contributed by atoms with Crippen molar-refractivity contribution in [2.75, 3.05) is 0 Å². The van der Waals surface area contributed by atoms with Crippen LogP contribution in [0.1, 0.15) is 27.2 Å². The first-order valence-corrected chi connectivity index (χ1v) is 6.99. The standard InChI is InChI=1S/C16H19BO3/c1-11-10-16(2,3)20-17(19-11)15-6-4-5-12-7-8-13(18)9-14(12)15/h4-9,11,18H,10H2,1-3H3. The van der Waals surface area contributed by atoms with E-state index in [1.54, 1.807) is 12.1 Å². The third-order valence-electron chi connectivity index (χ3n) is 3.71. The molecule has 3 rings (SSSR count). The number of phenols is 1. The van der Waals surface area contributed by atoms with Gasteiger partial charge in [0.1, 0.15) is 5.75 Å². The van der Waals surface area contributed by atoms with E-state index in [4.69, 9.17) is 9.31 Å². The Morgan fingerprint density at radius 3 is 2.80 bits per heavy atom. The fourth-order valence-electron chi connectivity index (χ4n) is 2.94. The Kier molecular flexibility index (Phi) is 3.23. The van der Waals surface area contributed by atoms with Crippen LogP contribution in [0.25, 0.3) is 10.8 Å². The maximum atomic E-state index is 9.73. The molecule has 0 aromatic heterocycles. The molecule has 1 aliphatic rings. The number of hydrogen-bond donors (Lipinski definition) is 1. The van der Waals surface area contributed by atoms with E-state index in [2.05, 4.69) is 20.8 Å². The summed E-state index contributed by atoms with van der Waals surface area (Å²) in [7, 11) is -0.390. The first-order valence-electron chi connectivity index (χ1n) is 6.99. The molecule has 0 aliphatic carbocycles. The molecule has 104 valence electrons. The van der Waals surface area contributed by atoms with Crippen LogP contribution in [0, 0.1) is 0 Å². The Morgan fingerprint density at radius 1 is 1.25 bits per heavy atom. The van der Waals surface area contributed by atoms with Gasteiger partial charge in [0, 0.05) is 6.10 Å². The molecule has 0 amide bonds. The van der Waals surface area contributed by atoms with Crippen LogP contribution in [0.2, 0.25) is 0 Å². The van der Waals surface area contributed by atoms with Crippen LogP contribution in [0.4, 0.5) is 0 Å². The van der Waals surface area contributed by atoms with Crippen LogP contribution in [0.3, 0.4) is 0 Å². The van der Waals surface area contributed by atoms with Gasteiger partial charge in [-0.2, -0.15) is 0 Å². The van der Waals surface area contributed by atoms with Gasteiger partial charge in [-0.15, -0.1) is 0 Å². The van der Waals surface area contributed by atoms with Crippen molar-refractivity contribution in [3.05, 3.63) is 36.4 Å². The summed E-state index contributed by atoms with van der Waals surface area (Å²) in [5.74, 6) is 0.257. The maximum Gasteiger partial charge on any atom is 0.495 e. The van der Waals surface area contributed by atoms with Crippen molar-refractivity contribution in [1.82, 2.24) is 0 Å². The SMILES string of the molecule is CC1CC(C)(C)OB(c2cccc3ccc(O)cc23)O1. The normalized spacial score (nSPS) is 22.1. The monoisotopic (exact) mass is 270 g/mol. The Hall–Kier alpha value is -1.52. The predicted octanol–water partition coefficient (Wildman–Crippen LogP) is 2.84. The lowest BCUT2D eigenvalue weighted by Gasteiger charge is -2.38. The molecule has 2 aromatic carbocycles. The summed E-state index contributed by atoms with van der Waals surface area (Å²) >= 11 is 0. The third-order valence-corrected chi connectivity index (χ3v) is 3.71. The van der Waals surface area contributed by atoms with Crippen molar-refractivity contribution in [1.29, 1.82) is 0 Å². The van der Waals surface area contributed by atoms with Crippen molar-refractivity contribution in [3.8, 4) is 5.75 Å². The van der Waals surface area contributed by atoms with E-state index in [0.717, 1.165) is 22.7 Å². The van der Waals surface area contributed by atoms with Crippen LogP contribution >= 0.6 is 0 Å². The second-order valence-corrected chi connectivity index (χ2v) is 6.11. The van der Waals surface area contributed by atoms with Gasteiger partial charge in [-0.25, -0.2) is 0 Å². The van der Waals surface area contributed by atoms with Crippen LogP contribution in [0.15, 0.2) is 36.4 Å². The highest BCUT2D eigenvalue weighted by Gasteiger charge is 2.38. The molecule has 2 aromatic rings. The first-order chi connectivity index (χ1) is 9.44. The van der Waals surface area contributed by atoms with Crippen molar-refractivity contribution in [2.24, 2.45) is 0 Å². The fourth-order valence-corrected chi connectivity index (χ4v) is 2.94. The molecule has 0 radical (unpaired) electrons. The molecular weight excluding hydrogens is 251 g/mol. The molecule has 20 heavy (non-hydrogen) atoms. The first kappa shape index (κ1) is 13.5. The lowest BCUT2D eigenvalue weighted by Crippen LogP contribution is -2.51. The molecule has 4 heteroatoms. The summed E-state index contributed by atoms with van der Waals surface area (Å²) in [5, 5.41) is 11.8. The average Bonchev–Trinajstić information content (AvgIpc) is 2.35. The van der Waals surface area contributed by atoms with E-state index in [1.165, 1.54) is 0 Å². The van der Waals surface area contributed by atoms with E-state index in [1.807, 2.05) is 24.3 Å². The molecule has 0 spiro atoms. The number of benzene rings is 2. The van der Waals surface area contributed by atoms with Gasteiger partial charge in [-0.3, -0.25) is 0 Å². The number of phenolic OH excluding ortho intramolecular Hbond substituents is 1. The summed E-state index contributed by atoms with van der Waals surface area (Å²) in [6, 6.07) is 11.4. The smallest absolute Gasteiger partial charge is 0.495 e. The van der Waals surface area contributed by atoms with Gasteiger partial charge in [-0.1, -0.05) is 24.3 Å². The second kappa shape index (κ2) is 4.79. The van der Waals surface area contributed by atoms with Gasteiger partial charge in [0.25, 0.3) is 0 Å². The maximum absolute atomic E-state index is 9.73. The van der Waals surface area contributed by atoms with Crippen LogP contribution in [-0.4, -0.2) is 23.9 Å². The van der Waals surface area contributed by atoms with E-state index in [-0.39, 0.29) is 24.6 Å². The summed E-state index contributed by atoms with van der Waals surface area (Å²) < 4.78 is 12.0. The Balaban J connectivity index is 2.07. The topological polar surface area (TPSA) is 38.7 Å². The zero-order valence-corrected chi connectivity index (χ0v) is 12.1. The third kappa shape index (κ3) is 2.54. The van der Waals surface area contributed by atoms with Gasteiger partial charge >= 0.3 is 7.12 Å². The largest absolute Gasteiger partial charge is 0.508 e. The molecule has 1 saturated heterocycles. The Labute approximate surface area is 119 Å². The van der Waals surface area contributed by atoms with Crippen molar-refractivity contribution >= 4 is 23.4 Å². The number of hydrogen-bond acceptors (Lipinski definition) is 3. The number of fused-ring (bicyclic) bond motifs is 1. The van der Waals surface area contributed by atoms with Gasteiger partial charge in [0.2, 0.25) is 0 Å².